The number of rotatable bonds is 4. The molecule has 0 aliphatic carbocycles. The van der Waals surface area contributed by atoms with Gasteiger partial charge in [-0.3, -0.25) is 0 Å². The Labute approximate surface area is 63.1 Å². The van der Waals surface area contributed by atoms with Gasteiger partial charge in [-0.25, -0.2) is 0 Å². The van der Waals surface area contributed by atoms with Gasteiger partial charge in [0, 0.05) is 0 Å². The van der Waals surface area contributed by atoms with Crippen LogP contribution in [0.1, 0.15) is 0 Å². The van der Waals surface area contributed by atoms with Gasteiger partial charge < -0.3 is 14.2 Å². The van der Waals surface area contributed by atoms with Gasteiger partial charge in [0.25, 0.3) is 0 Å². The third kappa shape index (κ3) is 1.79. The molecule has 2 saturated heterocycles. The van der Waals surface area contributed by atoms with Crippen LogP contribution in [-0.2, 0) is 14.2 Å². The minimum atomic E-state index is -0.158. The molecule has 0 aromatic carbocycles. The minimum Gasteiger partial charge on any atom is -0.376 e. The maximum Gasteiger partial charge on any atom is 0.104 e. The summed E-state index contributed by atoms with van der Waals surface area (Å²) < 4.78 is 15.3. The first-order chi connectivity index (χ1) is 4.79. The van der Waals surface area contributed by atoms with E-state index in [-0.39, 0.29) is 5.22 Å². The van der Waals surface area contributed by atoms with Gasteiger partial charge in [-0.2, -0.15) is 0 Å². The molecule has 0 aromatic heterocycles. The molecule has 0 saturated carbocycles. The summed E-state index contributed by atoms with van der Waals surface area (Å²) in [6.45, 7) is 2.95. The van der Waals surface area contributed by atoms with Crippen LogP contribution in [0.4, 0.5) is 0 Å². The maximum absolute atomic E-state index is 5.29. The molecular weight excluding hydrogens is 148 g/mol. The predicted molar refractivity (Wildman–Crippen MR) is 35.0 cm³/mol. The fourth-order valence-corrected chi connectivity index (χ4v) is 0.864. The average molecular weight is 157 g/mol. The Hall–Kier alpha value is 0.0969. The quantitative estimate of drug-likeness (QED) is 0.399. The lowest BCUT2D eigenvalue weighted by Gasteiger charge is -2.03. The molecule has 0 N–H and O–H groups in total. The van der Waals surface area contributed by atoms with Crippen LogP contribution in [0.5, 0.6) is 0 Å². The molecule has 2 atom stereocenters. The van der Waals surface area contributed by atoms with Crippen LogP contribution < -0.4 is 0 Å². The molecule has 0 aromatic rings. The van der Waals surface area contributed by atoms with Crippen LogP contribution >= 0.6 is 0 Å². The van der Waals surface area contributed by atoms with Gasteiger partial charge >= 0.3 is 0 Å². The summed E-state index contributed by atoms with van der Waals surface area (Å²) in [6.07, 6.45) is 0.356. The van der Waals surface area contributed by atoms with Gasteiger partial charge in [-0.15, -0.1) is 0 Å². The van der Waals surface area contributed by atoms with Crippen molar-refractivity contribution in [2.45, 2.75) is 11.3 Å². The Kier molecular flexibility index (Phi) is 1.56. The Morgan fingerprint density at radius 2 is 2.40 bits per heavy atom. The van der Waals surface area contributed by atoms with Gasteiger partial charge in [0.1, 0.15) is 6.10 Å². The lowest BCUT2D eigenvalue weighted by Crippen LogP contribution is -2.20. The summed E-state index contributed by atoms with van der Waals surface area (Å²) in [7, 11) is 3.42. The molecular formula is C6H9O3Si. The molecule has 2 heterocycles. The highest BCUT2D eigenvalue weighted by atomic mass is 28.1. The third-order valence-electron chi connectivity index (χ3n) is 1.53. The van der Waals surface area contributed by atoms with E-state index in [4.69, 9.17) is 14.2 Å². The lowest BCUT2D eigenvalue weighted by atomic mass is 10.5. The summed E-state index contributed by atoms with van der Waals surface area (Å²) in [5.41, 5.74) is 0. The fourth-order valence-electron chi connectivity index (χ4n) is 0.690. The van der Waals surface area contributed by atoms with Crippen molar-refractivity contribution in [2.75, 3.05) is 26.4 Å². The van der Waals surface area contributed by atoms with E-state index >= 15 is 0 Å². The van der Waals surface area contributed by atoms with Crippen LogP contribution in [0, 0.1) is 0 Å². The zero-order chi connectivity index (χ0) is 7.03. The topological polar surface area (TPSA) is 34.3 Å². The fraction of sp³-hybridized carbons (Fsp3) is 1.00. The molecule has 2 unspecified atom stereocenters. The molecule has 0 amide bonds. The van der Waals surface area contributed by atoms with Crippen molar-refractivity contribution < 1.29 is 14.2 Å². The van der Waals surface area contributed by atoms with Crippen LogP contribution in [0.3, 0.4) is 0 Å². The molecule has 2 aliphatic rings. The first-order valence-electron chi connectivity index (χ1n) is 3.37. The number of epoxide rings is 2. The van der Waals surface area contributed by atoms with E-state index in [9.17, 15) is 0 Å². The van der Waals surface area contributed by atoms with Crippen LogP contribution in [-0.4, -0.2) is 48.0 Å². The first kappa shape index (κ1) is 6.79. The van der Waals surface area contributed by atoms with Gasteiger partial charge in [0.2, 0.25) is 0 Å². The van der Waals surface area contributed by atoms with E-state index in [0.29, 0.717) is 19.3 Å². The van der Waals surface area contributed by atoms with Crippen molar-refractivity contribution in [3.05, 3.63) is 0 Å². The lowest BCUT2D eigenvalue weighted by molar-refractivity contribution is 0.0917. The zero-order valence-corrected chi connectivity index (χ0v) is 6.63. The normalized spacial score (nSPS) is 43.5. The second-order valence-corrected chi connectivity index (χ2v) is 3.66. The van der Waals surface area contributed by atoms with E-state index in [2.05, 4.69) is 10.2 Å². The van der Waals surface area contributed by atoms with Crippen molar-refractivity contribution in [3.63, 3.8) is 0 Å². The highest BCUT2D eigenvalue weighted by Crippen LogP contribution is 2.22. The second kappa shape index (κ2) is 2.30. The number of hydrogen-bond acceptors (Lipinski definition) is 3. The molecule has 2 rings (SSSR count). The van der Waals surface area contributed by atoms with Gasteiger partial charge in [-0.05, 0) is 0 Å². The molecule has 0 spiro atoms. The van der Waals surface area contributed by atoms with Gasteiger partial charge in [-0.1, -0.05) is 0 Å². The van der Waals surface area contributed by atoms with E-state index in [1.165, 1.54) is 0 Å². The van der Waals surface area contributed by atoms with Gasteiger partial charge in [0.05, 0.1) is 41.9 Å². The van der Waals surface area contributed by atoms with Crippen LogP contribution in [0.25, 0.3) is 0 Å². The van der Waals surface area contributed by atoms with E-state index < -0.39 is 0 Å². The van der Waals surface area contributed by atoms with E-state index in [1.54, 1.807) is 0 Å². The van der Waals surface area contributed by atoms with Crippen molar-refractivity contribution >= 4 is 10.2 Å². The van der Waals surface area contributed by atoms with Crippen LogP contribution in [0.2, 0.25) is 0 Å². The summed E-state index contributed by atoms with van der Waals surface area (Å²) in [5.74, 6) is 0. The molecule has 0 bridgehead atoms. The van der Waals surface area contributed by atoms with E-state index in [1.807, 2.05) is 0 Å². The van der Waals surface area contributed by atoms with Crippen molar-refractivity contribution in [3.8, 4) is 0 Å². The maximum atomic E-state index is 5.29. The van der Waals surface area contributed by atoms with E-state index in [0.717, 1.165) is 13.2 Å². The Morgan fingerprint density at radius 3 is 2.90 bits per heavy atom. The monoisotopic (exact) mass is 157 g/mol. The summed E-state index contributed by atoms with van der Waals surface area (Å²) in [4.78, 5) is 0. The average Bonchev–Trinajstić information content (AvgIpc) is 2.70. The Morgan fingerprint density at radius 1 is 1.70 bits per heavy atom. The zero-order valence-electron chi connectivity index (χ0n) is 5.63. The van der Waals surface area contributed by atoms with Gasteiger partial charge in [0.15, 0.2) is 0 Å². The first-order valence-corrected chi connectivity index (χ1v) is 3.87. The van der Waals surface area contributed by atoms with Crippen molar-refractivity contribution in [1.82, 2.24) is 0 Å². The number of ether oxygens (including phenoxy) is 3. The second-order valence-electron chi connectivity index (χ2n) is 2.75. The highest BCUT2D eigenvalue weighted by molar-refractivity contribution is 6.16. The smallest absolute Gasteiger partial charge is 0.104 e. The SMILES string of the molecule is [Si]C1(COCC2CO2)CO1. The summed E-state index contributed by atoms with van der Waals surface area (Å²) in [5, 5.41) is -0.158. The summed E-state index contributed by atoms with van der Waals surface area (Å²) >= 11 is 0. The predicted octanol–water partition coefficient (Wildman–Crippen LogP) is -0.703. The molecule has 3 radical (unpaired) electrons. The number of hydrogen-bond donors (Lipinski definition) is 0. The third-order valence-corrected chi connectivity index (χ3v) is 1.97. The minimum absolute atomic E-state index is 0.158. The highest BCUT2D eigenvalue weighted by Gasteiger charge is 2.39. The largest absolute Gasteiger partial charge is 0.376 e. The van der Waals surface area contributed by atoms with Crippen molar-refractivity contribution in [2.24, 2.45) is 0 Å². The molecule has 2 fully saturated rings. The molecule has 10 heavy (non-hydrogen) atoms. The Balaban J connectivity index is 1.54. The summed E-state index contributed by atoms with van der Waals surface area (Å²) in [6, 6.07) is 0. The standard InChI is InChI=1S/C6H9O3Si/c10-6(4-9-6)3-7-1-5-2-8-5/h5H,1-4H2. The molecule has 4 heteroatoms. The molecule has 3 nitrogen and oxygen atoms in total. The van der Waals surface area contributed by atoms with Crippen LogP contribution in [0.15, 0.2) is 0 Å². The van der Waals surface area contributed by atoms with Crippen molar-refractivity contribution in [1.29, 1.82) is 0 Å². The molecule has 55 valence electrons. The molecule has 2 aliphatic heterocycles. The Bertz CT molecular complexity index is 131.